The van der Waals surface area contributed by atoms with E-state index in [1.807, 2.05) is 58.8 Å². The number of carbonyl (C=O) groups excluding carboxylic acids is 1. The lowest BCUT2D eigenvalue weighted by molar-refractivity contribution is 0.101. The third-order valence-electron chi connectivity index (χ3n) is 5.28. The molecule has 0 unspecified atom stereocenters. The van der Waals surface area contributed by atoms with Crippen LogP contribution in [0.5, 0.6) is 0 Å². The van der Waals surface area contributed by atoms with Crippen LogP contribution in [0.3, 0.4) is 0 Å². The number of aryl methyl sites for hydroxylation is 1. The summed E-state index contributed by atoms with van der Waals surface area (Å²) in [6.45, 7) is 0. The van der Waals surface area contributed by atoms with Crippen molar-refractivity contribution in [2.45, 2.75) is 43.3 Å². The van der Waals surface area contributed by atoms with Gasteiger partial charge in [-0.1, -0.05) is 43.2 Å². The highest BCUT2D eigenvalue weighted by Crippen LogP contribution is 2.31. The Morgan fingerprint density at radius 1 is 1.15 bits per heavy atom. The van der Waals surface area contributed by atoms with Crippen LogP contribution in [-0.4, -0.2) is 25.7 Å². The van der Waals surface area contributed by atoms with Crippen LogP contribution >= 0.6 is 11.8 Å². The van der Waals surface area contributed by atoms with Crippen molar-refractivity contribution in [3.63, 3.8) is 0 Å². The van der Waals surface area contributed by atoms with E-state index >= 15 is 0 Å². The normalized spacial score (nSPS) is 15.3. The molecule has 1 fully saturated rings. The quantitative estimate of drug-likeness (QED) is 0.377. The molecule has 1 saturated carbocycles. The van der Waals surface area contributed by atoms with Crippen molar-refractivity contribution in [2.75, 3.05) is 5.75 Å². The highest BCUT2D eigenvalue weighted by atomic mass is 32.2. The number of aromatic nitrogens is 3. The Balaban J connectivity index is 1.70. The largest absolute Gasteiger partial charge is 0.348 e. The maximum atomic E-state index is 13.2. The molecule has 2 heterocycles. The number of rotatable bonds is 5. The zero-order valence-corrected chi connectivity index (χ0v) is 16.2. The average Bonchev–Trinajstić information content (AvgIpc) is 3.13. The van der Waals surface area contributed by atoms with Crippen LogP contribution < -0.4 is 5.56 Å². The predicted octanol–water partition coefficient (Wildman–Crippen LogP) is 4.22. The Hall–Kier alpha value is -2.34. The van der Waals surface area contributed by atoms with Crippen LogP contribution in [0.1, 0.15) is 48.6 Å². The van der Waals surface area contributed by atoms with Crippen molar-refractivity contribution in [1.82, 2.24) is 14.1 Å². The van der Waals surface area contributed by atoms with Crippen LogP contribution in [0.15, 0.2) is 52.5 Å². The van der Waals surface area contributed by atoms with E-state index in [1.165, 1.54) is 18.2 Å². The fourth-order valence-corrected chi connectivity index (χ4v) is 4.79. The molecule has 4 rings (SSSR count). The summed E-state index contributed by atoms with van der Waals surface area (Å²) in [5.41, 5.74) is 1.39. The predicted molar refractivity (Wildman–Crippen MR) is 109 cm³/mol. The Kier molecular flexibility index (Phi) is 5.16. The molecule has 1 aromatic carbocycles. The molecular formula is C21H23N3O2S. The van der Waals surface area contributed by atoms with Gasteiger partial charge in [0.25, 0.3) is 5.56 Å². The molecule has 3 aromatic rings. The monoisotopic (exact) mass is 381 g/mol. The molecule has 0 spiro atoms. The molecule has 6 heteroatoms. The lowest BCUT2D eigenvalue weighted by Crippen LogP contribution is -2.29. The summed E-state index contributed by atoms with van der Waals surface area (Å²) < 4.78 is 3.68. The third kappa shape index (κ3) is 3.58. The van der Waals surface area contributed by atoms with Crippen molar-refractivity contribution in [2.24, 2.45) is 7.05 Å². The summed E-state index contributed by atoms with van der Waals surface area (Å²) in [6.07, 6.45) is 7.36. The Morgan fingerprint density at radius 3 is 2.67 bits per heavy atom. The second-order valence-corrected chi connectivity index (χ2v) is 8.04. The second-order valence-electron chi connectivity index (χ2n) is 7.09. The van der Waals surface area contributed by atoms with Gasteiger partial charge in [0.15, 0.2) is 10.9 Å². The molecule has 0 atom stereocenters. The van der Waals surface area contributed by atoms with Crippen molar-refractivity contribution < 1.29 is 4.79 Å². The Morgan fingerprint density at radius 2 is 1.93 bits per heavy atom. The van der Waals surface area contributed by atoms with Gasteiger partial charge in [-0.05, 0) is 37.1 Å². The van der Waals surface area contributed by atoms with Crippen molar-refractivity contribution in [1.29, 1.82) is 0 Å². The second kappa shape index (κ2) is 7.72. The maximum Gasteiger partial charge on any atom is 0.262 e. The molecule has 27 heavy (non-hydrogen) atoms. The molecule has 0 saturated heterocycles. The first-order valence-corrected chi connectivity index (χ1v) is 10.4. The molecular weight excluding hydrogens is 358 g/mol. The van der Waals surface area contributed by atoms with Crippen LogP contribution in [0.4, 0.5) is 0 Å². The standard InChI is InChI=1S/C21H23N3O2S/c1-23-13-7-12-18(23)19(25)14-27-21-22-17-11-6-5-10-16(17)20(26)24(21)15-8-3-2-4-9-15/h5-7,10-13,15H,2-4,8-9,14H2,1H3. The van der Waals surface area contributed by atoms with E-state index in [2.05, 4.69) is 0 Å². The molecule has 0 N–H and O–H groups in total. The molecule has 0 amide bonds. The number of Topliss-reactive ketones (excluding diaryl/α,β-unsaturated/α-hetero) is 1. The van der Waals surface area contributed by atoms with E-state index in [4.69, 9.17) is 4.98 Å². The molecule has 5 nitrogen and oxygen atoms in total. The zero-order chi connectivity index (χ0) is 18.8. The summed E-state index contributed by atoms with van der Waals surface area (Å²) in [5.74, 6) is 0.320. The van der Waals surface area contributed by atoms with Gasteiger partial charge in [-0.2, -0.15) is 0 Å². The lowest BCUT2D eigenvalue weighted by atomic mass is 9.95. The first-order chi connectivity index (χ1) is 13.1. The zero-order valence-electron chi connectivity index (χ0n) is 15.4. The number of hydrogen-bond donors (Lipinski definition) is 0. The number of nitrogens with zero attached hydrogens (tertiary/aromatic N) is 3. The highest BCUT2D eigenvalue weighted by Gasteiger charge is 2.22. The summed E-state index contributed by atoms with van der Waals surface area (Å²) >= 11 is 1.37. The minimum Gasteiger partial charge on any atom is -0.348 e. The molecule has 0 bridgehead atoms. The fourth-order valence-electron chi connectivity index (χ4n) is 3.84. The van der Waals surface area contributed by atoms with Gasteiger partial charge in [0, 0.05) is 19.3 Å². The van der Waals surface area contributed by atoms with Crippen LogP contribution in [-0.2, 0) is 7.05 Å². The molecule has 0 aliphatic heterocycles. The smallest absolute Gasteiger partial charge is 0.262 e. The molecule has 1 aliphatic rings. The van der Waals surface area contributed by atoms with Gasteiger partial charge in [-0.3, -0.25) is 14.2 Å². The van der Waals surface area contributed by atoms with Gasteiger partial charge < -0.3 is 4.57 Å². The van der Waals surface area contributed by atoms with Crippen LogP contribution in [0.2, 0.25) is 0 Å². The minimum absolute atomic E-state index is 0.0151. The van der Waals surface area contributed by atoms with Gasteiger partial charge in [0.05, 0.1) is 22.3 Å². The number of para-hydroxylation sites is 1. The maximum absolute atomic E-state index is 13.2. The summed E-state index contributed by atoms with van der Waals surface area (Å²) in [6, 6.07) is 11.3. The van der Waals surface area contributed by atoms with E-state index < -0.39 is 0 Å². The van der Waals surface area contributed by atoms with Crippen molar-refractivity contribution >= 4 is 28.4 Å². The van der Waals surface area contributed by atoms with Gasteiger partial charge in [-0.25, -0.2) is 4.98 Å². The van der Waals surface area contributed by atoms with Gasteiger partial charge in [0.1, 0.15) is 0 Å². The third-order valence-corrected chi connectivity index (χ3v) is 6.23. The van der Waals surface area contributed by atoms with E-state index in [1.54, 1.807) is 0 Å². The number of carbonyl (C=O) groups is 1. The molecule has 2 aromatic heterocycles. The van der Waals surface area contributed by atoms with Crippen molar-refractivity contribution in [3.05, 3.63) is 58.6 Å². The van der Waals surface area contributed by atoms with Crippen LogP contribution in [0, 0.1) is 0 Å². The fraction of sp³-hybridized carbons (Fsp3) is 0.381. The van der Waals surface area contributed by atoms with Gasteiger partial charge in [-0.15, -0.1) is 0 Å². The number of hydrogen-bond acceptors (Lipinski definition) is 4. The van der Waals surface area contributed by atoms with E-state index in [9.17, 15) is 9.59 Å². The Labute approximate surface area is 162 Å². The average molecular weight is 382 g/mol. The number of fused-ring (bicyclic) bond motifs is 1. The number of benzene rings is 1. The summed E-state index contributed by atoms with van der Waals surface area (Å²) in [4.78, 5) is 30.5. The first-order valence-electron chi connectivity index (χ1n) is 9.44. The first kappa shape index (κ1) is 18.0. The van der Waals surface area contributed by atoms with E-state index in [-0.39, 0.29) is 23.1 Å². The van der Waals surface area contributed by atoms with Gasteiger partial charge in [0.2, 0.25) is 0 Å². The minimum atomic E-state index is 0.0151. The van der Waals surface area contributed by atoms with Crippen molar-refractivity contribution in [3.8, 4) is 0 Å². The highest BCUT2D eigenvalue weighted by molar-refractivity contribution is 7.99. The lowest BCUT2D eigenvalue weighted by Gasteiger charge is -2.26. The molecule has 0 radical (unpaired) electrons. The van der Waals surface area contributed by atoms with Crippen LogP contribution in [0.25, 0.3) is 10.9 Å². The molecule has 1 aliphatic carbocycles. The number of thioether (sulfide) groups is 1. The van der Waals surface area contributed by atoms with E-state index in [0.717, 1.165) is 25.7 Å². The molecule has 140 valence electrons. The topological polar surface area (TPSA) is 56.9 Å². The summed E-state index contributed by atoms with van der Waals surface area (Å²) in [7, 11) is 1.87. The SMILES string of the molecule is Cn1cccc1C(=O)CSc1nc2ccccc2c(=O)n1C1CCCCC1. The van der Waals surface area contributed by atoms with Gasteiger partial charge >= 0.3 is 0 Å². The Bertz CT molecular complexity index is 1030. The van der Waals surface area contributed by atoms with E-state index in [0.29, 0.717) is 21.8 Å². The summed E-state index contributed by atoms with van der Waals surface area (Å²) in [5, 5.41) is 1.31. The number of ketones is 1.